The average Bonchev–Trinajstić information content (AvgIpc) is 2.50. The van der Waals surface area contributed by atoms with E-state index in [2.05, 4.69) is 56.7 Å². The zero-order valence-corrected chi connectivity index (χ0v) is 9.68. The van der Waals surface area contributed by atoms with Crippen LogP contribution in [0.5, 0.6) is 0 Å². The van der Waals surface area contributed by atoms with E-state index in [4.69, 9.17) is 0 Å². The zero-order valence-electron chi connectivity index (χ0n) is 9.68. The molecule has 1 aliphatic heterocycles. The lowest BCUT2D eigenvalue weighted by molar-refractivity contribution is 1.01. The van der Waals surface area contributed by atoms with Gasteiger partial charge in [0.2, 0.25) is 6.67 Å². The number of hydrogen-bond donors (Lipinski definition) is 1. The number of hydrogen-bond acceptors (Lipinski definition) is 2. The van der Waals surface area contributed by atoms with Crippen LogP contribution in [0.15, 0.2) is 24.0 Å². The third-order valence-corrected chi connectivity index (χ3v) is 2.67. The summed E-state index contributed by atoms with van der Waals surface area (Å²) in [5.41, 5.74) is 6.29. The van der Waals surface area contributed by atoms with Crippen molar-refractivity contribution < 1.29 is 0 Å². The van der Waals surface area contributed by atoms with Gasteiger partial charge >= 0.3 is 0 Å². The predicted molar refractivity (Wildman–Crippen MR) is 63.3 cm³/mol. The largest absolute Gasteiger partial charge is 0.360 e. The molecule has 2 nitrogen and oxygen atoms in total. The first-order chi connectivity index (χ1) is 7.09. The van der Waals surface area contributed by atoms with Crippen molar-refractivity contribution in [3.8, 4) is 0 Å². The molecule has 0 bridgehead atoms. The fourth-order valence-electron chi connectivity index (χ4n) is 2.11. The Morgan fingerprint density at radius 2 is 1.67 bits per heavy atom. The van der Waals surface area contributed by atoms with E-state index >= 15 is 0 Å². The molecule has 78 valence electrons. The first-order valence-electron chi connectivity index (χ1n) is 5.15. The van der Waals surface area contributed by atoms with Crippen molar-refractivity contribution in [3.63, 3.8) is 0 Å². The molecule has 0 spiro atoms. The normalized spacial score (nSPS) is 15.2. The second-order valence-corrected chi connectivity index (χ2v) is 4.12. The molecule has 0 saturated carbocycles. The minimum absolute atomic E-state index is 1.17. The molecule has 0 fully saturated rings. The van der Waals surface area contributed by atoms with Gasteiger partial charge in [-0.3, -0.25) is 0 Å². The lowest BCUT2D eigenvalue weighted by Gasteiger charge is -2.22. The fraction of sp³-hybridized carbons (Fsp3) is 0.308. The van der Waals surface area contributed by atoms with E-state index in [0.717, 1.165) is 0 Å². The molecule has 1 heterocycles. The molecule has 2 radical (unpaired) electrons. The second-order valence-electron chi connectivity index (χ2n) is 4.12. The maximum atomic E-state index is 3.11. The van der Waals surface area contributed by atoms with E-state index in [0.29, 0.717) is 0 Å². The number of allylic oxidation sites excluding steroid dienone is 1. The summed E-state index contributed by atoms with van der Waals surface area (Å²) < 4.78 is 0. The van der Waals surface area contributed by atoms with Crippen LogP contribution in [0.4, 0.5) is 5.69 Å². The number of rotatable bonds is 1. The average molecular weight is 200 g/mol. The molecule has 15 heavy (non-hydrogen) atoms. The summed E-state index contributed by atoms with van der Waals surface area (Å²) >= 11 is 0. The quantitative estimate of drug-likeness (QED) is 0.750. The van der Waals surface area contributed by atoms with E-state index < -0.39 is 0 Å². The first kappa shape index (κ1) is 10.1. The Hall–Kier alpha value is -1.44. The van der Waals surface area contributed by atoms with E-state index in [1.165, 1.54) is 28.1 Å². The summed E-state index contributed by atoms with van der Waals surface area (Å²) in [6, 6.07) is 4.41. The Morgan fingerprint density at radius 1 is 1.07 bits per heavy atom. The van der Waals surface area contributed by atoms with Crippen molar-refractivity contribution in [1.82, 2.24) is 5.32 Å². The van der Waals surface area contributed by atoms with Gasteiger partial charge in [-0.15, -0.1) is 0 Å². The van der Waals surface area contributed by atoms with Crippen molar-refractivity contribution >= 4 is 5.69 Å². The molecule has 0 aromatic heterocycles. The Morgan fingerprint density at radius 3 is 2.13 bits per heavy atom. The van der Waals surface area contributed by atoms with Gasteiger partial charge < -0.3 is 10.2 Å². The molecule has 0 atom stereocenters. The van der Waals surface area contributed by atoms with E-state index in [1.54, 1.807) is 0 Å². The number of nitrogens with zero attached hydrogens (tertiary/aromatic N) is 1. The number of benzene rings is 1. The molecule has 1 aromatic carbocycles. The summed E-state index contributed by atoms with van der Waals surface area (Å²) in [5, 5.41) is 3.00. The van der Waals surface area contributed by atoms with Gasteiger partial charge in [-0.2, -0.15) is 0 Å². The molecule has 2 heteroatoms. The van der Waals surface area contributed by atoms with Crippen LogP contribution in [0.25, 0.3) is 0 Å². The van der Waals surface area contributed by atoms with Crippen LogP contribution in [-0.4, -0.2) is 0 Å². The molecule has 0 unspecified atom stereocenters. The van der Waals surface area contributed by atoms with Crippen LogP contribution in [0, 0.1) is 27.4 Å². The second kappa shape index (κ2) is 3.61. The van der Waals surface area contributed by atoms with E-state index in [-0.39, 0.29) is 0 Å². The van der Waals surface area contributed by atoms with Crippen molar-refractivity contribution in [1.29, 1.82) is 0 Å². The highest BCUT2D eigenvalue weighted by Gasteiger charge is 2.18. The summed E-state index contributed by atoms with van der Waals surface area (Å²) in [6.07, 6.45) is 1.96. The van der Waals surface area contributed by atoms with Crippen molar-refractivity contribution in [2.24, 2.45) is 0 Å². The molecule has 0 aliphatic carbocycles. The van der Waals surface area contributed by atoms with Gasteiger partial charge in [-0.05, 0) is 38.8 Å². The summed E-state index contributed by atoms with van der Waals surface area (Å²) in [4.78, 5) is 2.07. The van der Waals surface area contributed by atoms with Crippen LogP contribution >= 0.6 is 0 Å². The van der Waals surface area contributed by atoms with Crippen molar-refractivity contribution in [2.45, 2.75) is 27.7 Å². The van der Waals surface area contributed by atoms with Gasteiger partial charge in [0.1, 0.15) is 0 Å². The topological polar surface area (TPSA) is 15.3 Å². The van der Waals surface area contributed by atoms with Gasteiger partial charge in [-0.1, -0.05) is 17.7 Å². The molecule has 1 N–H and O–H groups in total. The lowest BCUT2D eigenvalue weighted by atomic mass is 10.0. The smallest absolute Gasteiger partial charge is 0.210 e. The minimum atomic E-state index is 1.17. The van der Waals surface area contributed by atoms with Gasteiger partial charge in [0.15, 0.2) is 0 Å². The zero-order chi connectivity index (χ0) is 11.0. The van der Waals surface area contributed by atoms with Crippen LogP contribution < -0.4 is 10.2 Å². The lowest BCUT2D eigenvalue weighted by Crippen LogP contribution is -2.18. The Kier molecular flexibility index (Phi) is 2.43. The monoisotopic (exact) mass is 200 g/mol. The van der Waals surface area contributed by atoms with Gasteiger partial charge in [-0.25, -0.2) is 0 Å². The molecular weight excluding hydrogens is 184 g/mol. The van der Waals surface area contributed by atoms with Gasteiger partial charge in [0.25, 0.3) is 0 Å². The third-order valence-electron chi connectivity index (χ3n) is 2.67. The number of anilines is 1. The highest BCUT2D eigenvalue weighted by molar-refractivity contribution is 5.65. The Balaban J connectivity index is 2.48. The molecule has 0 amide bonds. The SMILES string of the molecule is CC1=CN[C]N1c1c(C)cc(C)cc1C. The van der Waals surface area contributed by atoms with Crippen molar-refractivity contribution in [2.75, 3.05) is 4.90 Å². The van der Waals surface area contributed by atoms with Crippen molar-refractivity contribution in [3.05, 3.63) is 47.4 Å². The summed E-state index contributed by atoms with van der Waals surface area (Å²) in [7, 11) is 0. The number of aryl methyl sites for hydroxylation is 3. The van der Waals surface area contributed by atoms with E-state index in [9.17, 15) is 0 Å². The standard InChI is InChI=1S/C13H16N2/c1-9-5-10(2)13(11(3)6-9)15-8-14-7-12(15)4/h5-7,14H,1-4H3. The first-order valence-corrected chi connectivity index (χ1v) is 5.15. The minimum Gasteiger partial charge on any atom is -0.360 e. The molecule has 0 saturated heterocycles. The highest BCUT2D eigenvalue weighted by Crippen LogP contribution is 2.30. The predicted octanol–water partition coefficient (Wildman–Crippen LogP) is 2.88. The van der Waals surface area contributed by atoms with Crippen LogP contribution in [-0.2, 0) is 0 Å². The molecular formula is C13H16N2. The molecule has 2 rings (SSSR count). The highest BCUT2D eigenvalue weighted by atomic mass is 15.3. The van der Waals surface area contributed by atoms with Crippen LogP contribution in [0.2, 0.25) is 0 Å². The van der Waals surface area contributed by atoms with Crippen LogP contribution in [0.1, 0.15) is 23.6 Å². The summed E-state index contributed by atoms with van der Waals surface area (Å²) in [5.74, 6) is 0. The maximum Gasteiger partial charge on any atom is 0.210 e. The van der Waals surface area contributed by atoms with Crippen LogP contribution in [0.3, 0.4) is 0 Å². The van der Waals surface area contributed by atoms with Gasteiger partial charge in [0, 0.05) is 17.6 Å². The third kappa shape index (κ3) is 1.72. The Labute approximate surface area is 91.6 Å². The summed E-state index contributed by atoms with van der Waals surface area (Å²) in [6.45, 7) is 11.6. The number of nitrogens with one attached hydrogen (secondary N) is 1. The molecule has 1 aromatic rings. The van der Waals surface area contributed by atoms with E-state index in [1.807, 2.05) is 6.20 Å². The fourth-order valence-corrected chi connectivity index (χ4v) is 2.11. The maximum absolute atomic E-state index is 3.11. The Bertz CT molecular complexity index is 396. The molecule has 1 aliphatic rings. The van der Waals surface area contributed by atoms with Gasteiger partial charge in [0.05, 0.1) is 0 Å².